The first-order valence-electron chi connectivity index (χ1n) is 7.99. The summed E-state index contributed by atoms with van der Waals surface area (Å²) in [5, 5.41) is 18.1. The number of methoxy groups -OCH3 is 1. The number of ether oxygens (including phenoxy) is 1. The zero-order chi connectivity index (χ0) is 19.6. The molecule has 27 heavy (non-hydrogen) atoms. The molecule has 0 radical (unpaired) electrons. The molecule has 0 fully saturated rings. The van der Waals surface area contributed by atoms with Crippen molar-refractivity contribution in [1.82, 2.24) is 9.55 Å². The maximum absolute atomic E-state index is 12.3. The molecule has 2 aromatic rings. The average Bonchev–Trinajstić information content (AvgIpc) is 2.89. The third kappa shape index (κ3) is 3.44. The molecule has 0 bridgehead atoms. The molecule has 0 unspecified atom stereocenters. The van der Waals surface area contributed by atoms with Gasteiger partial charge in [-0.15, -0.1) is 5.10 Å². The number of likely N-dealkylation sites (N-methyl/N-ethyl adjacent to an activating group) is 1. The van der Waals surface area contributed by atoms with Crippen molar-refractivity contribution in [2.45, 2.75) is 6.54 Å². The van der Waals surface area contributed by atoms with Gasteiger partial charge in [0.05, 0.1) is 25.1 Å². The van der Waals surface area contributed by atoms with Crippen molar-refractivity contribution in [2.75, 3.05) is 25.7 Å². The van der Waals surface area contributed by atoms with Gasteiger partial charge in [-0.1, -0.05) is 18.2 Å². The van der Waals surface area contributed by atoms with Crippen molar-refractivity contribution in [3.63, 3.8) is 0 Å². The van der Waals surface area contributed by atoms with E-state index >= 15 is 0 Å². The molecule has 0 saturated carbocycles. The Hall–Kier alpha value is -3.11. The van der Waals surface area contributed by atoms with E-state index in [0.717, 1.165) is 11.9 Å². The minimum Gasteiger partial charge on any atom is -0.494 e. The number of nitrogens with zero attached hydrogens (tertiary/aromatic N) is 4. The third-order valence-electron chi connectivity index (χ3n) is 4.10. The van der Waals surface area contributed by atoms with Gasteiger partial charge in [0.25, 0.3) is 11.5 Å². The number of H-pyrrole nitrogens is 1. The van der Waals surface area contributed by atoms with Crippen LogP contribution >= 0.6 is 12.2 Å². The zero-order valence-corrected chi connectivity index (χ0v) is 15.5. The van der Waals surface area contributed by atoms with Crippen LogP contribution in [0.25, 0.3) is 0 Å². The van der Waals surface area contributed by atoms with E-state index in [1.165, 1.54) is 16.6 Å². The standard InChI is InChI=1S/C17H17N5O4S/c1-21-12-6-4-3-5-10(12)13(16(21)25)20-18-9-11-14(23)19-17(27)22(15(11)24)7-8-26-2/h3-6,9,24H,7-8H2,1-2H3,(H,19,23,27)/b18-9+,20-13+. The van der Waals surface area contributed by atoms with Crippen molar-refractivity contribution in [1.29, 1.82) is 0 Å². The van der Waals surface area contributed by atoms with E-state index in [2.05, 4.69) is 15.2 Å². The molecule has 1 aliphatic rings. The van der Waals surface area contributed by atoms with Gasteiger partial charge in [0, 0.05) is 19.7 Å². The monoisotopic (exact) mass is 387 g/mol. The molecular weight excluding hydrogens is 370 g/mol. The van der Waals surface area contributed by atoms with E-state index in [1.54, 1.807) is 25.2 Å². The quantitative estimate of drug-likeness (QED) is 0.453. The number of hydrogen-bond donors (Lipinski definition) is 2. The summed E-state index contributed by atoms with van der Waals surface area (Å²) in [6.07, 6.45) is 1.09. The van der Waals surface area contributed by atoms with Crippen molar-refractivity contribution >= 4 is 35.7 Å². The number of anilines is 1. The Bertz CT molecular complexity index is 1070. The van der Waals surface area contributed by atoms with Gasteiger partial charge in [-0.3, -0.25) is 19.1 Å². The minimum absolute atomic E-state index is 0.0690. The van der Waals surface area contributed by atoms with Gasteiger partial charge in [0.2, 0.25) is 5.88 Å². The van der Waals surface area contributed by atoms with Crippen LogP contribution in [0, 0.1) is 4.77 Å². The second-order valence-corrected chi connectivity index (χ2v) is 6.10. The number of carbonyl (C=O) groups is 1. The number of benzene rings is 1. The van der Waals surface area contributed by atoms with Crippen LogP contribution in [0.1, 0.15) is 11.1 Å². The smallest absolute Gasteiger partial charge is 0.279 e. The number of amides is 1. The third-order valence-corrected chi connectivity index (χ3v) is 4.42. The number of aromatic nitrogens is 2. The van der Waals surface area contributed by atoms with Gasteiger partial charge in [-0.2, -0.15) is 5.10 Å². The van der Waals surface area contributed by atoms with E-state index in [0.29, 0.717) is 12.2 Å². The largest absolute Gasteiger partial charge is 0.494 e. The lowest BCUT2D eigenvalue weighted by atomic mass is 10.1. The Labute approximate surface area is 159 Å². The predicted octanol–water partition coefficient (Wildman–Crippen LogP) is 1.06. The molecule has 0 aliphatic carbocycles. The Morgan fingerprint density at radius 1 is 1.33 bits per heavy atom. The Balaban J connectivity index is 1.98. The summed E-state index contributed by atoms with van der Waals surface area (Å²) in [6, 6.07) is 7.18. The van der Waals surface area contributed by atoms with Crippen LogP contribution in [0.3, 0.4) is 0 Å². The lowest BCUT2D eigenvalue weighted by Crippen LogP contribution is -2.25. The molecule has 1 amide bonds. The van der Waals surface area contributed by atoms with E-state index < -0.39 is 5.56 Å². The van der Waals surface area contributed by atoms with Crippen molar-refractivity contribution in [2.24, 2.45) is 10.2 Å². The fourth-order valence-electron chi connectivity index (χ4n) is 2.67. The second kappa shape index (κ2) is 7.64. The van der Waals surface area contributed by atoms with Crippen LogP contribution < -0.4 is 10.5 Å². The first-order valence-corrected chi connectivity index (χ1v) is 8.40. The number of carbonyl (C=O) groups excluding carboxylic acids is 1. The van der Waals surface area contributed by atoms with Gasteiger partial charge >= 0.3 is 0 Å². The van der Waals surface area contributed by atoms with Crippen molar-refractivity contribution in [3.05, 3.63) is 50.5 Å². The average molecular weight is 387 g/mol. The first kappa shape index (κ1) is 18.7. The molecule has 0 spiro atoms. The number of para-hydroxylation sites is 1. The molecule has 2 heterocycles. The SMILES string of the molecule is COCCn1c(O)c(/C=N/N=C2/C(=O)N(C)c3ccccc32)c(=O)[nH]c1=S. The van der Waals surface area contributed by atoms with Gasteiger partial charge in [0.15, 0.2) is 10.5 Å². The molecule has 1 aromatic carbocycles. The molecule has 0 atom stereocenters. The minimum atomic E-state index is -0.606. The Kier molecular flexibility index (Phi) is 5.28. The molecule has 10 heteroatoms. The fraction of sp³-hybridized carbons (Fsp3) is 0.235. The summed E-state index contributed by atoms with van der Waals surface area (Å²) >= 11 is 5.04. The number of aromatic hydroxyl groups is 1. The predicted molar refractivity (Wildman–Crippen MR) is 103 cm³/mol. The van der Waals surface area contributed by atoms with Gasteiger partial charge < -0.3 is 14.7 Å². The van der Waals surface area contributed by atoms with Crippen LogP contribution in [0.2, 0.25) is 0 Å². The highest BCUT2D eigenvalue weighted by Crippen LogP contribution is 2.27. The van der Waals surface area contributed by atoms with Gasteiger partial charge in [-0.25, -0.2) is 0 Å². The lowest BCUT2D eigenvalue weighted by Gasteiger charge is -2.09. The second-order valence-electron chi connectivity index (χ2n) is 5.72. The van der Waals surface area contributed by atoms with E-state index in [1.807, 2.05) is 6.07 Å². The first-order chi connectivity index (χ1) is 13.0. The molecule has 2 N–H and O–H groups in total. The number of aromatic amines is 1. The molecule has 0 saturated heterocycles. The molecular formula is C17H17N5O4S. The summed E-state index contributed by atoms with van der Waals surface area (Å²) in [5.74, 6) is -0.650. The Morgan fingerprint density at radius 3 is 2.81 bits per heavy atom. The van der Waals surface area contributed by atoms with Crippen LogP contribution in [0.5, 0.6) is 5.88 Å². The van der Waals surface area contributed by atoms with Crippen LogP contribution in [-0.4, -0.2) is 53.3 Å². The van der Waals surface area contributed by atoms with E-state index in [4.69, 9.17) is 17.0 Å². The maximum atomic E-state index is 12.3. The molecule has 3 rings (SSSR count). The topological polar surface area (TPSA) is 112 Å². The van der Waals surface area contributed by atoms with Gasteiger partial charge in [-0.05, 0) is 18.3 Å². The van der Waals surface area contributed by atoms with Crippen LogP contribution in [-0.2, 0) is 16.1 Å². The normalized spacial score (nSPS) is 15.1. The summed E-state index contributed by atoms with van der Waals surface area (Å²) in [6.45, 7) is 0.550. The van der Waals surface area contributed by atoms with Crippen molar-refractivity contribution < 1.29 is 14.6 Å². The summed E-state index contributed by atoms with van der Waals surface area (Å²) < 4.78 is 6.35. The van der Waals surface area contributed by atoms with Crippen molar-refractivity contribution in [3.8, 4) is 5.88 Å². The summed E-state index contributed by atoms with van der Waals surface area (Å²) in [4.78, 5) is 28.3. The number of fused-ring (bicyclic) bond motifs is 1. The zero-order valence-electron chi connectivity index (χ0n) is 14.7. The highest BCUT2D eigenvalue weighted by Gasteiger charge is 2.31. The van der Waals surface area contributed by atoms with Crippen LogP contribution in [0.4, 0.5) is 5.69 Å². The highest BCUT2D eigenvalue weighted by molar-refractivity contribution is 7.71. The number of nitrogens with one attached hydrogen (secondary N) is 1. The lowest BCUT2D eigenvalue weighted by molar-refractivity contribution is -0.111. The summed E-state index contributed by atoms with van der Waals surface area (Å²) in [7, 11) is 3.16. The highest BCUT2D eigenvalue weighted by atomic mass is 32.1. The molecule has 9 nitrogen and oxygen atoms in total. The summed E-state index contributed by atoms with van der Waals surface area (Å²) in [5.41, 5.74) is 0.815. The number of hydrogen-bond acceptors (Lipinski definition) is 7. The Morgan fingerprint density at radius 2 is 2.07 bits per heavy atom. The fourth-order valence-corrected chi connectivity index (χ4v) is 2.94. The van der Waals surface area contributed by atoms with Gasteiger partial charge in [0.1, 0.15) is 5.56 Å². The molecule has 140 valence electrons. The molecule has 1 aromatic heterocycles. The van der Waals surface area contributed by atoms with E-state index in [-0.39, 0.29) is 34.4 Å². The van der Waals surface area contributed by atoms with E-state index in [9.17, 15) is 14.7 Å². The maximum Gasteiger partial charge on any atom is 0.279 e. The molecule has 1 aliphatic heterocycles. The number of rotatable bonds is 5. The van der Waals surface area contributed by atoms with Crippen LogP contribution in [0.15, 0.2) is 39.3 Å².